The smallest absolute Gasteiger partial charge is 0.311 e. The van der Waals surface area contributed by atoms with E-state index >= 15 is 0 Å². The highest BCUT2D eigenvalue weighted by molar-refractivity contribution is 7.99. The lowest BCUT2D eigenvalue weighted by Gasteiger charge is -2.14. The number of thioether (sulfide) groups is 1. The second kappa shape index (κ2) is 6.65. The second-order valence-corrected chi connectivity index (χ2v) is 5.64. The summed E-state index contributed by atoms with van der Waals surface area (Å²) in [5.74, 6) is 2.61. The number of ether oxygens (including phenoxy) is 1. The molecule has 2 rings (SSSR count). The first-order chi connectivity index (χ1) is 9.20. The first kappa shape index (κ1) is 14.0. The normalized spacial score (nSPS) is 18.3. The average Bonchev–Trinajstić information content (AvgIpc) is 2.89. The zero-order valence-corrected chi connectivity index (χ0v) is 11.7. The molecule has 1 aromatic carbocycles. The highest BCUT2D eigenvalue weighted by atomic mass is 32.2. The molecule has 1 fully saturated rings. The Kier molecular flexibility index (Phi) is 4.90. The van der Waals surface area contributed by atoms with E-state index in [1.54, 1.807) is 12.1 Å². The molecule has 0 aliphatic carbocycles. The minimum absolute atomic E-state index is 0.0276. The topological polar surface area (TPSA) is 64.4 Å². The summed E-state index contributed by atoms with van der Waals surface area (Å²) in [5.41, 5.74) is 0.920. The van der Waals surface area contributed by atoms with E-state index in [0.717, 1.165) is 24.3 Å². The van der Waals surface area contributed by atoms with Gasteiger partial charge in [-0.05, 0) is 24.7 Å². The molecule has 0 saturated carbocycles. The van der Waals surface area contributed by atoms with Crippen LogP contribution in [0.1, 0.15) is 19.8 Å². The number of anilines is 1. The van der Waals surface area contributed by atoms with Crippen molar-refractivity contribution in [2.45, 2.75) is 25.8 Å². The van der Waals surface area contributed by atoms with E-state index in [2.05, 4.69) is 5.32 Å². The lowest BCUT2D eigenvalue weighted by Crippen LogP contribution is -2.18. The van der Waals surface area contributed by atoms with Crippen molar-refractivity contribution in [2.75, 3.05) is 23.4 Å². The molecule has 1 heterocycles. The SMILES string of the molecule is CCCOc1cc(NC2CCSC2)ccc1[N+](=O)[O-]. The second-order valence-electron chi connectivity index (χ2n) is 4.49. The van der Waals surface area contributed by atoms with Crippen molar-refractivity contribution < 1.29 is 9.66 Å². The first-order valence-corrected chi connectivity index (χ1v) is 7.61. The Labute approximate surface area is 116 Å². The maximum Gasteiger partial charge on any atom is 0.311 e. The lowest BCUT2D eigenvalue weighted by molar-refractivity contribution is -0.385. The predicted octanol–water partition coefficient (Wildman–Crippen LogP) is 3.30. The van der Waals surface area contributed by atoms with Gasteiger partial charge >= 0.3 is 5.69 Å². The molecule has 1 saturated heterocycles. The fraction of sp³-hybridized carbons (Fsp3) is 0.538. The molecule has 0 aromatic heterocycles. The van der Waals surface area contributed by atoms with Crippen LogP contribution in [0.25, 0.3) is 0 Å². The Bertz CT molecular complexity index is 448. The standard InChI is InChI=1S/C13H18N2O3S/c1-2-6-18-13-8-10(3-4-12(13)15(16)17)14-11-5-7-19-9-11/h3-4,8,11,14H,2,5-7,9H2,1H3. The van der Waals surface area contributed by atoms with Crippen LogP contribution in [0.15, 0.2) is 18.2 Å². The molecule has 0 spiro atoms. The van der Waals surface area contributed by atoms with Gasteiger partial charge in [0.2, 0.25) is 0 Å². The quantitative estimate of drug-likeness (QED) is 0.640. The van der Waals surface area contributed by atoms with Crippen molar-refractivity contribution in [1.82, 2.24) is 0 Å². The molecule has 5 nitrogen and oxygen atoms in total. The van der Waals surface area contributed by atoms with E-state index in [1.807, 2.05) is 18.7 Å². The fourth-order valence-electron chi connectivity index (χ4n) is 1.97. The molecule has 0 amide bonds. The van der Waals surface area contributed by atoms with Gasteiger partial charge in [0.05, 0.1) is 11.5 Å². The van der Waals surface area contributed by atoms with Crippen molar-refractivity contribution >= 4 is 23.1 Å². The Morgan fingerprint density at radius 1 is 1.58 bits per heavy atom. The van der Waals surface area contributed by atoms with Gasteiger partial charge in [-0.3, -0.25) is 10.1 Å². The third-order valence-electron chi connectivity index (χ3n) is 2.92. The third-order valence-corrected chi connectivity index (χ3v) is 4.08. The number of hydrogen-bond acceptors (Lipinski definition) is 5. The summed E-state index contributed by atoms with van der Waals surface area (Å²) in [5, 5.41) is 14.3. The number of hydrogen-bond donors (Lipinski definition) is 1. The van der Waals surface area contributed by atoms with Crippen LogP contribution in [0, 0.1) is 10.1 Å². The van der Waals surface area contributed by atoms with Crippen molar-refractivity contribution in [3.05, 3.63) is 28.3 Å². The molecule has 1 unspecified atom stereocenters. The van der Waals surface area contributed by atoms with Crippen LogP contribution >= 0.6 is 11.8 Å². The maximum atomic E-state index is 10.9. The minimum Gasteiger partial charge on any atom is -0.487 e. The number of benzene rings is 1. The van der Waals surface area contributed by atoms with Gasteiger partial charge in [-0.1, -0.05) is 6.92 Å². The van der Waals surface area contributed by atoms with Gasteiger partial charge in [-0.25, -0.2) is 0 Å². The third kappa shape index (κ3) is 3.76. The van der Waals surface area contributed by atoms with Crippen molar-refractivity contribution in [1.29, 1.82) is 0 Å². The van der Waals surface area contributed by atoms with Gasteiger partial charge in [0.25, 0.3) is 0 Å². The number of nitro benzene ring substituents is 1. The molecule has 1 aromatic rings. The van der Waals surface area contributed by atoms with E-state index < -0.39 is 4.92 Å². The summed E-state index contributed by atoms with van der Waals surface area (Å²) < 4.78 is 5.47. The number of nitrogens with one attached hydrogen (secondary N) is 1. The predicted molar refractivity (Wildman–Crippen MR) is 78.2 cm³/mol. The van der Waals surface area contributed by atoms with Gasteiger partial charge in [-0.2, -0.15) is 11.8 Å². The van der Waals surface area contributed by atoms with E-state index in [0.29, 0.717) is 18.4 Å². The highest BCUT2D eigenvalue weighted by Gasteiger charge is 2.18. The van der Waals surface area contributed by atoms with Crippen LogP contribution in [0.5, 0.6) is 5.75 Å². The van der Waals surface area contributed by atoms with E-state index in [9.17, 15) is 10.1 Å². The molecular formula is C13H18N2O3S. The average molecular weight is 282 g/mol. The maximum absolute atomic E-state index is 10.9. The van der Waals surface area contributed by atoms with Crippen LogP contribution in [0.2, 0.25) is 0 Å². The molecule has 1 N–H and O–H groups in total. The molecule has 1 aliphatic rings. The monoisotopic (exact) mass is 282 g/mol. The summed E-state index contributed by atoms with van der Waals surface area (Å²) >= 11 is 1.93. The number of nitro groups is 1. The van der Waals surface area contributed by atoms with E-state index in [-0.39, 0.29) is 5.69 Å². The number of rotatable bonds is 6. The highest BCUT2D eigenvalue weighted by Crippen LogP contribution is 2.31. The zero-order valence-electron chi connectivity index (χ0n) is 10.9. The van der Waals surface area contributed by atoms with Crippen molar-refractivity contribution in [3.63, 3.8) is 0 Å². The molecule has 19 heavy (non-hydrogen) atoms. The molecule has 0 bridgehead atoms. The first-order valence-electron chi connectivity index (χ1n) is 6.46. The van der Waals surface area contributed by atoms with Crippen LogP contribution < -0.4 is 10.1 Å². The Balaban J connectivity index is 2.13. The summed E-state index contributed by atoms with van der Waals surface area (Å²) in [4.78, 5) is 10.5. The Hall–Kier alpha value is -1.43. The van der Waals surface area contributed by atoms with Crippen LogP contribution in [-0.4, -0.2) is 29.1 Å². The van der Waals surface area contributed by atoms with E-state index in [1.165, 1.54) is 11.8 Å². The Morgan fingerprint density at radius 3 is 3.05 bits per heavy atom. The summed E-state index contributed by atoms with van der Waals surface area (Å²) in [6, 6.07) is 5.44. The summed E-state index contributed by atoms with van der Waals surface area (Å²) in [6.45, 7) is 2.47. The van der Waals surface area contributed by atoms with Gasteiger partial charge < -0.3 is 10.1 Å². The van der Waals surface area contributed by atoms with Crippen molar-refractivity contribution in [2.24, 2.45) is 0 Å². The van der Waals surface area contributed by atoms with E-state index in [4.69, 9.17) is 4.74 Å². The van der Waals surface area contributed by atoms with Crippen molar-refractivity contribution in [3.8, 4) is 5.75 Å². The molecular weight excluding hydrogens is 264 g/mol. The van der Waals surface area contributed by atoms with Gasteiger partial charge in [0.15, 0.2) is 5.75 Å². The van der Waals surface area contributed by atoms with Crippen LogP contribution in [-0.2, 0) is 0 Å². The van der Waals surface area contributed by atoms with Gasteiger partial charge in [0, 0.05) is 29.6 Å². The zero-order chi connectivity index (χ0) is 13.7. The molecule has 1 aliphatic heterocycles. The lowest BCUT2D eigenvalue weighted by atomic mass is 10.2. The number of nitrogens with zero attached hydrogens (tertiary/aromatic N) is 1. The molecule has 0 radical (unpaired) electrons. The molecule has 6 heteroatoms. The van der Waals surface area contributed by atoms with Gasteiger partial charge in [0.1, 0.15) is 0 Å². The van der Waals surface area contributed by atoms with Crippen LogP contribution in [0.3, 0.4) is 0 Å². The largest absolute Gasteiger partial charge is 0.487 e. The molecule has 1 atom stereocenters. The molecule has 104 valence electrons. The fourth-order valence-corrected chi connectivity index (χ4v) is 3.12. The van der Waals surface area contributed by atoms with Crippen LogP contribution in [0.4, 0.5) is 11.4 Å². The summed E-state index contributed by atoms with van der Waals surface area (Å²) in [7, 11) is 0. The minimum atomic E-state index is -0.403. The summed E-state index contributed by atoms with van der Waals surface area (Å²) in [6.07, 6.45) is 1.96. The van der Waals surface area contributed by atoms with Gasteiger partial charge in [-0.15, -0.1) is 0 Å². The Morgan fingerprint density at radius 2 is 2.42 bits per heavy atom.